The summed E-state index contributed by atoms with van der Waals surface area (Å²) in [6.45, 7) is 4.75. The quantitative estimate of drug-likeness (QED) is 0.413. The lowest BCUT2D eigenvalue weighted by atomic mass is 10.1. The first-order valence-electron chi connectivity index (χ1n) is 10.6. The summed E-state index contributed by atoms with van der Waals surface area (Å²) in [5, 5.41) is 4.12. The van der Waals surface area contributed by atoms with E-state index in [1.807, 2.05) is 49.4 Å². The SMILES string of the molecule is CCC(C)Oc1ccc(-c2nc(-c3cccc(CN(C)CC(=O)OF)c3)no2)cc1COC. The Balaban J connectivity index is 1.79. The molecule has 0 bridgehead atoms. The fourth-order valence-electron chi connectivity index (χ4n) is 3.27. The van der Waals surface area contributed by atoms with Gasteiger partial charge in [-0.2, -0.15) is 4.98 Å². The Kier molecular flexibility index (Phi) is 8.51. The summed E-state index contributed by atoms with van der Waals surface area (Å²) in [5.41, 5.74) is 3.32. The van der Waals surface area contributed by atoms with Gasteiger partial charge in [-0.15, -0.1) is 0 Å². The number of rotatable bonds is 11. The van der Waals surface area contributed by atoms with Gasteiger partial charge in [-0.25, -0.2) is 4.79 Å². The van der Waals surface area contributed by atoms with Crippen molar-refractivity contribution in [2.24, 2.45) is 0 Å². The molecule has 8 nitrogen and oxygen atoms in total. The van der Waals surface area contributed by atoms with E-state index in [2.05, 4.69) is 22.0 Å². The van der Waals surface area contributed by atoms with E-state index >= 15 is 0 Å². The second kappa shape index (κ2) is 11.5. The van der Waals surface area contributed by atoms with Crippen LogP contribution in [-0.2, 0) is 27.6 Å². The van der Waals surface area contributed by atoms with E-state index in [4.69, 9.17) is 14.0 Å². The molecule has 1 atom stereocenters. The van der Waals surface area contributed by atoms with Crippen molar-refractivity contribution in [3.05, 3.63) is 53.6 Å². The number of hydrogen-bond donors (Lipinski definition) is 0. The summed E-state index contributed by atoms with van der Waals surface area (Å²) in [7, 11) is 3.33. The summed E-state index contributed by atoms with van der Waals surface area (Å²) in [5.74, 6) is 0.643. The van der Waals surface area contributed by atoms with Crippen LogP contribution in [0.4, 0.5) is 4.53 Å². The number of methoxy groups -OCH3 is 1. The maximum Gasteiger partial charge on any atom is 0.362 e. The molecule has 3 rings (SSSR count). The van der Waals surface area contributed by atoms with Gasteiger partial charge in [0.15, 0.2) is 0 Å². The molecule has 0 saturated heterocycles. The van der Waals surface area contributed by atoms with Crippen LogP contribution in [0.2, 0.25) is 0 Å². The molecule has 0 N–H and O–H groups in total. The predicted molar refractivity (Wildman–Crippen MR) is 120 cm³/mol. The zero-order chi connectivity index (χ0) is 23.8. The molecular weight excluding hydrogens is 429 g/mol. The first-order valence-corrected chi connectivity index (χ1v) is 10.6. The highest BCUT2D eigenvalue weighted by Gasteiger charge is 2.15. The number of carbonyl (C=O) groups is 1. The molecule has 9 heteroatoms. The van der Waals surface area contributed by atoms with E-state index in [0.717, 1.165) is 34.4 Å². The smallest absolute Gasteiger partial charge is 0.362 e. The van der Waals surface area contributed by atoms with Gasteiger partial charge in [0.1, 0.15) is 12.3 Å². The van der Waals surface area contributed by atoms with Gasteiger partial charge in [0.2, 0.25) is 5.82 Å². The van der Waals surface area contributed by atoms with Gasteiger partial charge >= 0.3 is 5.97 Å². The van der Waals surface area contributed by atoms with Gasteiger partial charge < -0.3 is 14.0 Å². The summed E-state index contributed by atoms with van der Waals surface area (Å²) >= 11 is 0. The fourth-order valence-corrected chi connectivity index (χ4v) is 3.27. The van der Waals surface area contributed by atoms with Crippen molar-refractivity contribution in [1.82, 2.24) is 15.0 Å². The van der Waals surface area contributed by atoms with E-state index in [1.54, 1.807) is 19.1 Å². The number of carbonyl (C=O) groups excluding carboxylic acids is 1. The van der Waals surface area contributed by atoms with Crippen molar-refractivity contribution in [2.75, 3.05) is 20.7 Å². The zero-order valence-corrected chi connectivity index (χ0v) is 19.2. The Bertz CT molecular complexity index is 1070. The topological polar surface area (TPSA) is 86.9 Å². The number of nitrogens with zero attached hydrogens (tertiary/aromatic N) is 3. The zero-order valence-electron chi connectivity index (χ0n) is 19.2. The van der Waals surface area contributed by atoms with Crippen LogP contribution < -0.4 is 4.74 Å². The molecule has 33 heavy (non-hydrogen) atoms. The average molecular weight is 458 g/mol. The predicted octanol–water partition coefficient (Wildman–Crippen LogP) is 4.59. The molecule has 0 saturated carbocycles. The molecule has 0 spiro atoms. The highest BCUT2D eigenvalue weighted by Crippen LogP contribution is 2.29. The minimum Gasteiger partial charge on any atom is -0.490 e. The Labute approximate surface area is 192 Å². The van der Waals surface area contributed by atoms with Crippen LogP contribution in [0.3, 0.4) is 0 Å². The summed E-state index contributed by atoms with van der Waals surface area (Å²) in [6.07, 6.45) is 0.992. The third-order valence-corrected chi connectivity index (χ3v) is 5.06. The van der Waals surface area contributed by atoms with Crippen molar-refractivity contribution < 1.29 is 28.3 Å². The van der Waals surface area contributed by atoms with Gasteiger partial charge in [-0.05, 0) is 50.2 Å². The molecule has 0 fully saturated rings. The molecule has 0 radical (unpaired) electrons. The van der Waals surface area contributed by atoms with E-state index in [0.29, 0.717) is 24.9 Å². The number of halogens is 1. The second-order valence-electron chi connectivity index (χ2n) is 7.84. The average Bonchev–Trinajstić information content (AvgIpc) is 3.30. The number of benzene rings is 2. The van der Waals surface area contributed by atoms with Crippen LogP contribution in [0.15, 0.2) is 47.0 Å². The normalized spacial score (nSPS) is 12.1. The maximum atomic E-state index is 12.0. The fraction of sp³-hybridized carbons (Fsp3) is 0.375. The van der Waals surface area contributed by atoms with Crippen molar-refractivity contribution in [1.29, 1.82) is 0 Å². The van der Waals surface area contributed by atoms with Crippen LogP contribution in [-0.4, -0.2) is 47.8 Å². The molecule has 3 aromatic rings. The molecule has 0 aliphatic carbocycles. The van der Waals surface area contributed by atoms with Crippen molar-refractivity contribution >= 4 is 5.97 Å². The molecule has 0 aliphatic heterocycles. The maximum absolute atomic E-state index is 12.0. The molecule has 1 heterocycles. The molecular formula is C24H28FN3O5. The molecule has 1 aromatic heterocycles. The number of hydrogen-bond acceptors (Lipinski definition) is 8. The van der Waals surface area contributed by atoms with Gasteiger partial charge in [0.05, 0.1) is 12.7 Å². The first kappa shape index (κ1) is 24.3. The van der Waals surface area contributed by atoms with Gasteiger partial charge in [-0.1, -0.05) is 30.3 Å². The monoisotopic (exact) mass is 457 g/mol. The van der Waals surface area contributed by atoms with Gasteiger partial charge in [0.25, 0.3) is 5.89 Å². The van der Waals surface area contributed by atoms with E-state index in [9.17, 15) is 9.32 Å². The van der Waals surface area contributed by atoms with E-state index in [-0.39, 0.29) is 12.6 Å². The van der Waals surface area contributed by atoms with Crippen molar-refractivity contribution in [3.8, 4) is 28.6 Å². The summed E-state index contributed by atoms with van der Waals surface area (Å²) in [4.78, 5) is 20.5. The third-order valence-electron chi connectivity index (χ3n) is 5.06. The Morgan fingerprint density at radius 3 is 2.76 bits per heavy atom. The third kappa shape index (κ3) is 6.59. The second-order valence-corrected chi connectivity index (χ2v) is 7.84. The number of ether oxygens (including phenoxy) is 2. The first-order chi connectivity index (χ1) is 15.9. The lowest BCUT2D eigenvalue weighted by molar-refractivity contribution is -0.184. The van der Waals surface area contributed by atoms with Crippen molar-refractivity contribution in [3.63, 3.8) is 0 Å². The van der Waals surface area contributed by atoms with E-state index < -0.39 is 5.97 Å². The number of aromatic nitrogens is 2. The molecule has 2 aromatic carbocycles. The highest BCUT2D eigenvalue weighted by molar-refractivity contribution is 5.70. The summed E-state index contributed by atoms with van der Waals surface area (Å²) in [6, 6.07) is 13.2. The standard InChI is InChI=1S/C24H28FN3O5/c1-5-16(2)31-21-10-9-19(12-20(21)15-30-4)24-26-23(27-33-24)18-8-6-7-17(11-18)13-28(3)14-22(29)32-25/h6-12,16H,5,13-15H2,1-4H3. The molecule has 176 valence electrons. The Morgan fingerprint density at radius 2 is 2.03 bits per heavy atom. The Hall–Kier alpha value is -3.30. The minimum atomic E-state index is -0.940. The minimum absolute atomic E-state index is 0.0930. The van der Waals surface area contributed by atoms with Crippen LogP contribution in [0.1, 0.15) is 31.4 Å². The van der Waals surface area contributed by atoms with Gasteiger partial charge in [-0.3, -0.25) is 9.84 Å². The van der Waals surface area contributed by atoms with Crippen LogP contribution in [0.25, 0.3) is 22.8 Å². The van der Waals surface area contributed by atoms with Gasteiger partial charge in [0, 0.05) is 34.9 Å². The molecule has 1 unspecified atom stereocenters. The number of likely N-dealkylation sites (N-methyl/N-ethyl adjacent to an activating group) is 1. The van der Waals surface area contributed by atoms with Crippen LogP contribution >= 0.6 is 0 Å². The largest absolute Gasteiger partial charge is 0.490 e. The summed E-state index contributed by atoms with van der Waals surface area (Å²) < 4.78 is 28.8. The lowest BCUT2D eigenvalue weighted by Gasteiger charge is -2.16. The molecule has 0 aliphatic rings. The van der Waals surface area contributed by atoms with Crippen LogP contribution in [0, 0.1) is 0 Å². The highest BCUT2D eigenvalue weighted by atomic mass is 19.3. The molecule has 0 amide bonds. The Morgan fingerprint density at radius 1 is 1.21 bits per heavy atom. The van der Waals surface area contributed by atoms with E-state index in [1.165, 1.54) is 0 Å². The van der Waals surface area contributed by atoms with Crippen molar-refractivity contribution in [2.45, 2.75) is 39.5 Å². The van der Waals surface area contributed by atoms with Crippen LogP contribution in [0.5, 0.6) is 5.75 Å². The lowest BCUT2D eigenvalue weighted by Crippen LogP contribution is -2.25.